The second-order valence-electron chi connectivity index (χ2n) is 9.26. The molecule has 1 aromatic heterocycles. The van der Waals surface area contributed by atoms with Crippen LogP contribution in [0.4, 0.5) is 13.2 Å². The van der Waals surface area contributed by atoms with Crippen molar-refractivity contribution in [2.24, 2.45) is 0 Å². The SMILES string of the molecule is O=C(NC1c2ccc(C3CC3)cc2Oc2cc(C3CC3)ccc21)c1ccc(C(F)(F)F)[nH]c1=O. The Balaban J connectivity index is 1.37. The Hall–Kier alpha value is -3.55. The van der Waals surface area contributed by atoms with Gasteiger partial charge in [0.05, 0.1) is 6.04 Å². The Labute approximate surface area is 193 Å². The van der Waals surface area contributed by atoms with Crippen LogP contribution >= 0.6 is 0 Å². The van der Waals surface area contributed by atoms with Gasteiger partial charge in [-0.05, 0) is 72.9 Å². The van der Waals surface area contributed by atoms with Crippen molar-refractivity contribution in [2.45, 2.75) is 49.7 Å². The number of H-pyrrole nitrogens is 1. The number of hydrogen-bond acceptors (Lipinski definition) is 3. The number of carbonyl (C=O) groups is 1. The maximum absolute atomic E-state index is 13.0. The van der Waals surface area contributed by atoms with Gasteiger partial charge >= 0.3 is 6.18 Å². The number of alkyl halides is 3. The number of aromatic nitrogens is 1. The summed E-state index contributed by atoms with van der Waals surface area (Å²) < 4.78 is 45.0. The Kier molecular flexibility index (Phi) is 4.62. The molecule has 2 aromatic carbocycles. The van der Waals surface area contributed by atoms with Crippen LogP contribution in [0.25, 0.3) is 0 Å². The molecule has 1 amide bonds. The maximum Gasteiger partial charge on any atom is 0.431 e. The molecule has 0 unspecified atom stereocenters. The first-order valence-corrected chi connectivity index (χ1v) is 11.3. The summed E-state index contributed by atoms with van der Waals surface area (Å²) in [6.45, 7) is 0. The minimum Gasteiger partial charge on any atom is -0.457 e. The summed E-state index contributed by atoms with van der Waals surface area (Å²) >= 11 is 0. The molecule has 0 spiro atoms. The van der Waals surface area contributed by atoms with Crippen molar-refractivity contribution in [1.29, 1.82) is 0 Å². The summed E-state index contributed by atoms with van der Waals surface area (Å²) in [6.07, 6.45) is -0.155. The van der Waals surface area contributed by atoms with E-state index in [1.54, 1.807) is 4.98 Å². The van der Waals surface area contributed by atoms with E-state index in [4.69, 9.17) is 4.74 Å². The minimum atomic E-state index is -4.70. The summed E-state index contributed by atoms with van der Waals surface area (Å²) in [5, 5.41) is 2.86. The third kappa shape index (κ3) is 3.77. The summed E-state index contributed by atoms with van der Waals surface area (Å²) in [4.78, 5) is 27.1. The minimum absolute atomic E-state index is 0.383. The Morgan fingerprint density at radius 3 is 1.91 bits per heavy atom. The summed E-state index contributed by atoms with van der Waals surface area (Å²) in [6, 6.07) is 12.9. The molecule has 2 aliphatic carbocycles. The molecule has 8 heteroatoms. The smallest absolute Gasteiger partial charge is 0.431 e. The van der Waals surface area contributed by atoms with Gasteiger partial charge in [-0.1, -0.05) is 24.3 Å². The number of hydrogen-bond donors (Lipinski definition) is 2. The van der Waals surface area contributed by atoms with E-state index in [2.05, 4.69) is 5.32 Å². The molecule has 2 N–H and O–H groups in total. The number of rotatable bonds is 4. The highest BCUT2D eigenvalue weighted by molar-refractivity contribution is 5.94. The average molecular weight is 466 g/mol. The average Bonchev–Trinajstić information content (AvgIpc) is 3.70. The fourth-order valence-corrected chi connectivity index (χ4v) is 4.57. The molecule has 174 valence electrons. The second-order valence-corrected chi connectivity index (χ2v) is 9.26. The lowest BCUT2D eigenvalue weighted by Gasteiger charge is -2.30. The monoisotopic (exact) mass is 466 g/mol. The molecule has 1 aliphatic heterocycles. The van der Waals surface area contributed by atoms with Crippen LogP contribution < -0.4 is 15.6 Å². The lowest BCUT2D eigenvalue weighted by atomic mass is 9.91. The first kappa shape index (κ1) is 21.0. The molecule has 2 fully saturated rings. The zero-order valence-electron chi connectivity index (χ0n) is 18.0. The molecule has 3 aliphatic rings. The van der Waals surface area contributed by atoms with Crippen LogP contribution in [0.1, 0.15) is 81.9 Å². The number of carbonyl (C=O) groups excluding carboxylic acids is 1. The van der Waals surface area contributed by atoms with Gasteiger partial charge in [-0.3, -0.25) is 9.59 Å². The van der Waals surface area contributed by atoms with Crippen LogP contribution in [0.2, 0.25) is 0 Å². The van der Waals surface area contributed by atoms with E-state index in [0.717, 1.165) is 42.9 Å². The van der Waals surface area contributed by atoms with Crippen LogP contribution in [-0.2, 0) is 6.18 Å². The number of halogens is 3. The van der Waals surface area contributed by atoms with Crippen molar-refractivity contribution in [2.75, 3.05) is 0 Å². The number of pyridine rings is 1. The topological polar surface area (TPSA) is 71.2 Å². The maximum atomic E-state index is 13.0. The molecule has 3 aromatic rings. The van der Waals surface area contributed by atoms with E-state index in [0.29, 0.717) is 29.4 Å². The van der Waals surface area contributed by atoms with Crippen LogP contribution in [-0.4, -0.2) is 10.9 Å². The third-order valence-electron chi connectivity index (χ3n) is 6.75. The Morgan fingerprint density at radius 2 is 1.44 bits per heavy atom. The Morgan fingerprint density at radius 1 is 0.882 bits per heavy atom. The van der Waals surface area contributed by atoms with E-state index >= 15 is 0 Å². The molecule has 0 saturated heterocycles. The van der Waals surface area contributed by atoms with Gasteiger partial charge in [-0.15, -0.1) is 0 Å². The highest BCUT2D eigenvalue weighted by atomic mass is 19.4. The number of fused-ring (bicyclic) bond motifs is 2. The summed E-state index contributed by atoms with van der Waals surface area (Å²) in [5.74, 6) is 1.59. The van der Waals surface area contributed by atoms with Crippen LogP contribution in [0.5, 0.6) is 11.5 Å². The van der Waals surface area contributed by atoms with Gasteiger partial charge in [-0.25, -0.2) is 0 Å². The summed E-state index contributed by atoms with van der Waals surface area (Å²) in [5.41, 5.74) is 1.19. The van der Waals surface area contributed by atoms with Crippen molar-refractivity contribution in [3.8, 4) is 11.5 Å². The number of nitrogens with one attached hydrogen (secondary N) is 2. The van der Waals surface area contributed by atoms with Crippen molar-refractivity contribution in [3.05, 3.63) is 92.4 Å². The van der Waals surface area contributed by atoms with E-state index < -0.39 is 29.4 Å². The lowest BCUT2D eigenvalue weighted by Crippen LogP contribution is -2.35. The normalized spacial score (nSPS) is 17.5. The van der Waals surface area contributed by atoms with Gasteiger partial charge in [-0.2, -0.15) is 13.2 Å². The molecule has 6 rings (SSSR count). The van der Waals surface area contributed by atoms with Gasteiger partial charge < -0.3 is 15.0 Å². The number of ether oxygens (including phenoxy) is 1. The fourth-order valence-electron chi connectivity index (χ4n) is 4.57. The highest BCUT2D eigenvalue weighted by Crippen LogP contribution is 2.49. The van der Waals surface area contributed by atoms with Gasteiger partial charge in [0.25, 0.3) is 11.5 Å². The third-order valence-corrected chi connectivity index (χ3v) is 6.75. The number of amides is 1. The van der Waals surface area contributed by atoms with E-state index in [-0.39, 0.29) is 5.56 Å². The Bertz CT molecular complexity index is 1310. The van der Waals surface area contributed by atoms with Crippen molar-refractivity contribution >= 4 is 5.91 Å². The fraction of sp³-hybridized carbons (Fsp3) is 0.308. The van der Waals surface area contributed by atoms with Gasteiger partial charge in [0.15, 0.2) is 0 Å². The van der Waals surface area contributed by atoms with Crippen molar-refractivity contribution in [3.63, 3.8) is 0 Å². The molecule has 2 heterocycles. The molecule has 2 saturated carbocycles. The van der Waals surface area contributed by atoms with Crippen LogP contribution in [0.15, 0.2) is 53.3 Å². The highest BCUT2D eigenvalue weighted by Gasteiger charge is 2.35. The summed E-state index contributed by atoms with van der Waals surface area (Å²) in [7, 11) is 0. The zero-order valence-corrected chi connectivity index (χ0v) is 18.0. The number of aromatic amines is 1. The zero-order chi connectivity index (χ0) is 23.6. The quantitative estimate of drug-likeness (QED) is 0.513. The van der Waals surface area contributed by atoms with Gasteiger partial charge in [0.1, 0.15) is 22.8 Å². The standard InChI is InChI=1S/C26H21F3N2O3/c27-26(28,29)22-10-9-19(24(32)30-22)25(33)31-23-17-7-5-15(13-1-2-13)11-20(17)34-21-12-16(14-3-4-14)6-8-18(21)23/h5-14,23H,1-4H2,(H,30,32)(H,31,33). The molecule has 5 nitrogen and oxygen atoms in total. The van der Waals surface area contributed by atoms with Gasteiger partial charge in [0.2, 0.25) is 0 Å². The molecule has 0 atom stereocenters. The first-order valence-electron chi connectivity index (χ1n) is 11.3. The second kappa shape index (κ2) is 7.48. The van der Waals surface area contributed by atoms with Gasteiger partial charge in [0, 0.05) is 11.1 Å². The van der Waals surface area contributed by atoms with E-state index in [1.165, 1.54) is 11.1 Å². The largest absolute Gasteiger partial charge is 0.457 e. The van der Waals surface area contributed by atoms with Crippen molar-refractivity contribution < 1.29 is 22.7 Å². The van der Waals surface area contributed by atoms with Crippen LogP contribution in [0.3, 0.4) is 0 Å². The molecule has 0 radical (unpaired) electrons. The first-order chi connectivity index (χ1) is 16.3. The van der Waals surface area contributed by atoms with E-state index in [1.807, 2.05) is 36.4 Å². The lowest BCUT2D eigenvalue weighted by molar-refractivity contribution is -0.141. The predicted molar refractivity (Wildman–Crippen MR) is 118 cm³/mol. The van der Waals surface area contributed by atoms with E-state index in [9.17, 15) is 22.8 Å². The number of benzene rings is 2. The molecule has 34 heavy (non-hydrogen) atoms. The molecular weight excluding hydrogens is 445 g/mol. The van der Waals surface area contributed by atoms with Crippen LogP contribution in [0, 0.1) is 0 Å². The molecule has 0 bridgehead atoms. The predicted octanol–water partition coefficient (Wildman–Crippen LogP) is 5.77. The van der Waals surface area contributed by atoms with Crippen molar-refractivity contribution in [1.82, 2.24) is 10.3 Å². The molecular formula is C26H21F3N2O3.